The van der Waals surface area contributed by atoms with Gasteiger partial charge in [0.15, 0.2) is 0 Å². The number of ether oxygens (including phenoxy) is 3. The minimum Gasteiger partial charge on any atom is -0.497 e. The van der Waals surface area contributed by atoms with Gasteiger partial charge < -0.3 is 23.9 Å². The molecule has 0 spiro atoms. The summed E-state index contributed by atoms with van der Waals surface area (Å²) >= 11 is 0. The Morgan fingerprint density at radius 3 is 3.04 bits per heavy atom. The van der Waals surface area contributed by atoms with Crippen LogP contribution in [0.4, 0.5) is 0 Å². The van der Waals surface area contributed by atoms with Crippen molar-refractivity contribution in [2.24, 2.45) is 5.92 Å². The molecule has 1 saturated carbocycles. The molecule has 130 valence electrons. The minimum atomic E-state index is -0.173. The van der Waals surface area contributed by atoms with Crippen molar-refractivity contribution in [2.45, 2.75) is 30.5 Å². The van der Waals surface area contributed by atoms with E-state index in [1.54, 1.807) is 20.5 Å². The fourth-order valence-corrected chi connectivity index (χ4v) is 4.05. The monoisotopic (exact) mass is 331 g/mol. The van der Waals surface area contributed by atoms with E-state index in [1.165, 1.54) is 11.1 Å². The predicted molar refractivity (Wildman–Crippen MR) is 89.7 cm³/mol. The second kappa shape index (κ2) is 6.39. The molecule has 1 aromatic rings. The fraction of sp³-hybridized carbons (Fsp3) is 0.579. The molecule has 2 aliphatic carbocycles. The van der Waals surface area contributed by atoms with Gasteiger partial charge in [0.05, 0.1) is 37.9 Å². The van der Waals surface area contributed by atoms with E-state index in [2.05, 4.69) is 23.5 Å². The summed E-state index contributed by atoms with van der Waals surface area (Å²) in [6.07, 6.45) is 10.0. The molecule has 0 radical (unpaired) electrons. The molecule has 0 amide bonds. The molecule has 1 N–H and O–H groups in total. The van der Waals surface area contributed by atoms with Crippen molar-refractivity contribution < 1.29 is 18.6 Å². The number of methoxy groups -OCH3 is 2. The van der Waals surface area contributed by atoms with E-state index < -0.39 is 0 Å². The van der Waals surface area contributed by atoms with E-state index in [1.807, 2.05) is 6.26 Å². The van der Waals surface area contributed by atoms with Gasteiger partial charge in [0.1, 0.15) is 5.76 Å². The zero-order valence-corrected chi connectivity index (χ0v) is 14.3. The number of hydrogen-bond donors (Lipinski definition) is 1. The van der Waals surface area contributed by atoms with Gasteiger partial charge in [-0.3, -0.25) is 0 Å². The highest BCUT2D eigenvalue weighted by molar-refractivity contribution is 5.41. The maximum Gasteiger partial charge on any atom is 0.117 e. The summed E-state index contributed by atoms with van der Waals surface area (Å²) in [5.41, 5.74) is 2.33. The van der Waals surface area contributed by atoms with Crippen molar-refractivity contribution in [1.29, 1.82) is 0 Å². The Labute approximate surface area is 142 Å². The SMILES string of the molecule is COC1=CC2(OC)CC2C(CO[C@H]2CNCC[C@@H]2c2ccoc2)=C1. The van der Waals surface area contributed by atoms with Gasteiger partial charge in [-0.1, -0.05) is 0 Å². The van der Waals surface area contributed by atoms with Crippen molar-refractivity contribution in [1.82, 2.24) is 5.32 Å². The molecule has 0 bridgehead atoms. The molecule has 5 nitrogen and oxygen atoms in total. The number of furan rings is 1. The fourth-order valence-electron chi connectivity index (χ4n) is 4.05. The molecule has 4 rings (SSSR count). The zero-order valence-electron chi connectivity index (χ0n) is 14.3. The summed E-state index contributed by atoms with van der Waals surface area (Å²) in [5, 5.41) is 3.44. The predicted octanol–water partition coefficient (Wildman–Crippen LogP) is 2.62. The van der Waals surface area contributed by atoms with E-state index in [-0.39, 0.29) is 11.7 Å². The lowest BCUT2D eigenvalue weighted by molar-refractivity contribution is 0.0303. The lowest BCUT2D eigenvalue weighted by Crippen LogP contribution is -2.41. The van der Waals surface area contributed by atoms with Crippen LogP contribution in [0.1, 0.15) is 24.3 Å². The third-order valence-electron chi connectivity index (χ3n) is 5.59. The van der Waals surface area contributed by atoms with Crippen LogP contribution >= 0.6 is 0 Å². The van der Waals surface area contributed by atoms with Gasteiger partial charge in [-0.15, -0.1) is 0 Å². The Bertz CT molecular complexity index is 636. The van der Waals surface area contributed by atoms with Crippen molar-refractivity contribution in [3.8, 4) is 0 Å². The van der Waals surface area contributed by atoms with Gasteiger partial charge in [-0.25, -0.2) is 0 Å². The number of fused-ring (bicyclic) bond motifs is 1. The van der Waals surface area contributed by atoms with E-state index in [9.17, 15) is 0 Å². The van der Waals surface area contributed by atoms with Gasteiger partial charge in [0, 0.05) is 25.5 Å². The molecule has 2 fully saturated rings. The van der Waals surface area contributed by atoms with Crippen LogP contribution < -0.4 is 5.32 Å². The number of piperidine rings is 1. The first-order valence-electron chi connectivity index (χ1n) is 8.62. The molecule has 1 aromatic heterocycles. The summed E-state index contributed by atoms with van der Waals surface area (Å²) in [4.78, 5) is 0. The summed E-state index contributed by atoms with van der Waals surface area (Å²) in [7, 11) is 3.47. The smallest absolute Gasteiger partial charge is 0.117 e. The van der Waals surface area contributed by atoms with E-state index in [0.29, 0.717) is 18.4 Å². The second-order valence-corrected chi connectivity index (χ2v) is 6.89. The number of nitrogens with one attached hydrogen (secondary N) is 1. The Balaban J connectivity index is 1.44. The Morgan fingerprint density at radius 2 is 2.29 bits per heavy atom. The Morgan fingerprint density at radius 1 is 1.38 bits per heavy atom. The summed E-state index contributed by atoms with van der Waals surface area (Å²) < 4.78 is 22.7. The average molecular weight is 331 g/mol. The third-order valence-corrected chi connectivity index (χ3v) is 5.59. The molecule has 0 aromatic carbocycles. The Kier molecular flexibility index (Phi) is 4.24. The zero-order chi connectivity index (χ0) is 16.6. The molecule has 2 unspecified atom stereocenters. The third kappa shape index (κ3) is 2.81. The molecule has 2 heterocycles. The molecule has 24 heavy (non-hydrogen) atoms. The molecule has 3 aliphatic rings. The second-order valence-electron chi connectivity index (χ2n) is 6.89. The van der Waals surface area contributed by atoms with Crippen molar-refractivity contribution in [3.05, 3.63) is 47.6 Å². The van der Waals surface area contributed by atoms with Crippen LogP contribution in [0.25, 0.3) is 0 Å². The largest absolute Gasteiger partial charge is 0.497 e. The highest BCUT2D eigenvalue weighted by atomic mass is 16.5. The first-order chi connectivity index (χ1) is 11.8. The van der Waals surface area contributed by atoms with E-state index >= 15 is 0 Å². The van der Waals surface area contributed by atoms with Gasteiger partial charge in [0.25, 0.3) is 0 Å². The van der Waals surface area contributed by atoms with Crippen molar-refractivity contribution in [3.63, 3.8) is 0 Å². The normalized spacial score (nSPS) is 35.0. The highest BCUT2D eigenvalue weighted by Crippen LogP contribution is 2.55. The molecule has 1 aliphatic heterocycles. The van der Waals surface area contributed by atoms with Crippen LogP contribution in [-0.4, -0.2) is 45.6 Å². The van der Waals surface area contributed by atoms with Crippen molar-refractivity contribution in [2.75, 3.05) is 33.9 Å². The van der Waals surface area contributed by atoms with Crippen LogP contribution in [0.15, 0.2) is 46.5 Å². The summed E-state index contributed by atoms with van der Waals surface area (Å²) in [5.74, 6) is 1.68. The number of allylic oxidation sites excluding steroid dienone is 1. The molecular formula is C19H25NO4. The Hall–Kier alpha value is -1.56. The lowest BCUT2D eigenvalue weighted by atomic mass is 9.89. The molecule has 5 heteroatoms. The molecular weight excluding hydrogens is 306 g/mol. The number of hydrogen-bond acceptors (Lipinski definition) is 5. The van der Waals surface area contributed by atoms with Gasteiger partial charge >= 0.3 is 0 Å². The summed E-state index contributed by atoms with van der Waals surface area (Å²) in [6, 6.07) is 2.05. The van der Waals surface area contributed by atoms with Gasteiger partial charge in [-0.2, -0.15) is 0 Å². The van der Waals surface area contributed by atoms with Crippen LogP contribution in [0, 0.1) is 5.92 Å². The molecule has 4 atom stereocenters. The maximum atomic E-state index is 6.33. The van der Waals surface area contributed by atoms with Crippen LogP contribution in [0.3, 0.4) is 0 Å². The molecule has 1 saturated heterocycles. The first-order valence-corrected chi connectivity index (χ1v) is 8.62. The van der Waals surface area contributed by atoms with Crippen molar-refractivity contribution >= 4 is 0 Å². The van der Waals surface area contributed by atoms with Crippen LogP contribution in [0.2, 0.25) is 0 Å². The maximum absolute atomic E-state index is 6.33. The van der Waals surface area contributed by atoms with Crippen LogP contribution in [-0.2, 0) is 14.2 Å². The standard InChI is InChI=1S/C19H25NO4/c1-21-15-7-14(17-9-19(17,8-15)22-2)12-24-18-10-20-5-3-16(18)13-4-6-23-11-13/h4,6-8,11,16-18,20H,3,5,9-10,12H2,1-2H3/t16-,17?,18+,19?/m1/s1. The summed E-state index contributed by atoms with van der Waals surface area (Å²) in [6.45, 7) is 2.51. The topological polar surface area (TPSA) is 52.9 Å². The average Bonchev–Trinajstić information content (AvgIpc) is 3.12. The first kappa shape index (κ1) is 15.9. The lowest BCUT2D eigenvalue weighted by Gasteiger charge is -2.32. The van der Waals surface area contributed by atoms with Gasteiger partial charge in [0.2, 0.25) is 0 Å². The van der Waals surface area contributed by atoms with Gasteiger partial charge in [-0.05, 0) is 48.7 Å². The van der Waals surface area contributed by atoms with E-state index in [4.69, 9.17) is 18.6 Å². The van der Waals surface area contributed by atoms with Crippen LogP contribution in [0.5, 0.6) is 0 Å². The quantitative estimate of drug-likeness (QED) is 0.868. The minimum absolute atomic E-state index is 0.157. The highest BCUT2D eigenvalue weighted by Gasteiger charge is 2.57. The van der Waals surface area contributed by atoms with E-state index in [0.717, 1.165) is 31.7 Å². The number of rotatable bonds is 6.